The molecule has 1 rings (SSSR count). The smallest absolute Gasteiger partial charge is 1.00 e. The third kappa shape index (κ3) is 10.6. The standard InChI is InChI=1S/C9H17F3N3.3ClH.Ti/c1-14-4-3-13-7-8(9(10,11)12)15(2)6-5-14;;;;/h13H,3-7H2,1-2H3;3*1H;/q-1;;;;+4/p-3. The van der Waals surface area contributed by atoms with Gasteiger partial charge in [0.15, 0.2) is 0 Å². The Hall–Kier alpha value is 1.25. The molecule has 0 radical (unpaired) electrons. The van der Waals surface area contributed by atoms with Gasteiger partial charge in [0.2, 0.25) is 0 Å². The summed E-state index contributed by atoms with van der Waals surface area (Å²) in [6, 6.07) is -0.488. The van der Waals surface area contributed by atoms with Gasteiger partial charge in [0.25, 0.3) is 6.18 Å². The second-order valence-corrected chi connectivity index (χ2v) is 3.85. The molecule has 0 aromatic carbocycles. The predicted molar refractivity (Wildman–Crippen MR) is 52.3 cm³/mol. The number of hydrogen-bond acceptors (Lipinski definition) is 3. The Balaban J connectivity index is -0.000000281. The van der Waals surface area contributed by atoms with Gasteiger partial charge in [-0.1, -0.05) is 0 Å². The van der Waals surface area contributed by atoms with Crippen molar-refractivity contribution in [3.05, 3.63) is 6.04 Å². The third-order valence-corrected chi connectivity index (χ3v) is 2.57. The number of halogens is 6. The zero-order valence-corrected chi connectivity index (χ0v) is 14.5. The van der Waals surface area contributed by atoms with Crippen molar-refractivity contribution in [2.24, 2.45) is 0 Å². The minimum Gasteiger partial charge on any atom is -1.00 e. The fourth-order valence-corrected chi connectivity index (χ4v) is 1.50. The van der Waals surface area contributed by atoms with Gasteiger partial charge >= 0.3 is 21.7 Å². The largest absolute Gasteiger partial charge is 4.00 e. The molecule has 0 spiro atoms. The number of nitrogens with one attached hydrogen (secondary N) is 1. The minimum absolute atomic E-state index is 0. The normalized spacial score (nSPS) is 19.4. The third-order valence-electron chi connectivity index (χ3n) is 2.57. The van der Waals surface area contributed by atoms with E-state index in [-0.39, 0.29) is 65.5 Å². The molecule has 1 aliphatic rings. The molecule has 1 saturated heterocycles. The molecule has 0 atom stereocenters. The van der Waals surface area contributed by atoms with Crippen LogP contribution in [0.5, 0.6) is 0 Å². The molecule has 10 heteroatoms. The SMILES string of the molecule is CN1CCNC[C-](C(F)(F)F)N(C)CC1.[Cl-].[Cl-].[Cl-].[Ti+4]. The van der Waals surface area contributed by atoms with Gasteiger partial charge in [0, 0.05) is 19.6 Å². The number of rotatable bonds is 0. The van der Waals surface area contributed by atoms with Crippen molar-refractivity contribution in [3.63, 3.8) is 0 Å². The summed E-state index contributed by atoms with van der Waals surface area (Å²) in [4.78, 5) is 3.30. The summed E-state index contributed by atoms with van der Waals surface area (Å²) in [5.74, 6) is 0. The number of alkyl halides is 3. The Morgan fingerprint density at radius 1 is 1.00 bits per heavy atom. The molecule has 0 unspecified atom stereocenters. The minimum atomic E-state index is -4.23. The van der Waals surface area contributed by atoms with Crippen LogP contribution in [0, 0.1) is 6.04 Å². The van der Waals surface area contributed by atoms with Crippen molar-refractivity contribution in [2.75, 3.05) is 46.8 Å². The summed E-state index contributed by atoms with van der Waals surface area (Å²) in [5, 5.41) is 2.80. The van der Waals surface area contributed by atoms with Gasteiger partial charge in [-0.05, 0) is 20.6 Å². The quantitative estimate of drug-likeness (QED) is 0.334. The topological polar surface area (TPSA) is 18.5 Å². The van der Waals surface area contributed by atoms with Gasteiger partial charge in [-0.2, -0.15) is 0 Å². The van der Waals surface area contributed by atoms with Gasteiger partial charge in [0.05, 0.1) is 0 Å². The maximum Gasteiger partial charge on any atom is 4.00 e. The zero-order chi connectivity index (χ0) is 11.5. The van der Waals surface area contributed by atoms with Crippen LogP contribution in [0.3, 0.4) is 0 Å². The molecule has 19 heavy (non-hydrogen) atoms. The summed E-state index contributed by atoms with van der Waals surface area (Å²) in [6.45, 7) is 2.32. The molecule has 0 aliphatic carbocycles. The van der Waals surface area contributed by atoms with Crippen LogP contribution >= 0.6 is 0 Å². The molecule has 0 saturated carbocycles. The van der Waals surface area contributed by atoms with Crippen LogP contribution < -0.4 is 42.5 Å². The molecular weight excluding hydrogens is 361 g/mol. The van der Waals surface area contributed by atoms with Crippen LogP contribution in [0.4, 0.5) is 13.2 Å². The zero-order valence-electron chi connectivity index (χ0n) is 10.7. The van der Waals surface area contributed by atoms with E-state index in [1.165, 1.54) is 11.9 Å². The summed E-state index contributed by atoms with van der Waals surface area (Å²) in [5.41, 5.74) is 0. The number of likely N-dealkylation sites (N-methyl/N-ethyl adjacent to an activating group) is 2. The predicted octanol–water partition coefficient (Wildman–Crippen LogP) is -8.44. The number of hydrogen-bond donors (Lipinski definition) is 1. The van der Waals surface area contributed by atoms with Crippen molar-refractivity contribution < 1.29 is 72.1 Å². The van der Waals surface area contributed by atoms with E-state index < -0.39 is 12.2 Å². The van der Waals surface area contributed by atoms with Crippen LogP contribution in [0.1, 0.15) is 0 Å². The van der Waals surface area contributed by atoms with Crippen LogP contribution in [0.25, 0.3) is 0 Å². The fraction of sp³-hybridized carbons (Fsp3) is 0.889. The number of nitrogens with zero attached hydrogens (tertiary/aromatic N) is 2. The van der Waals surface area contributed by atoms with Crippen molar-refractivity contribution in [3.8, 4) is 0 Å². The summed E-state index contributed by atoms with van der Waals surface area (Å²) in [6.07, 6.45) is -4.23. The first-order valence-corrected chi connectivity index (χ1v) is 4.94. The van der Waals surface area contributed by atoms with E-state index in [0.717, 1.165) is 6.54 Å². The van der Waals surface area contributed by atoms with Crippen LogP contribution in [0.2, 0.25) is 0 Å². The van der Waals surface area contributed by atoms with Gasteiger partial charge < -0.3 is 52.3 Å². The molecule has 0 bridgehead atoms. The second kappa shape index (κ2) is 13.0. The van der Waals surface area contributed by atoms with Gasteiger partial charge in [-0.3, -0.25) is 0 Å². The van der Waals surface area contributed by atoms with E-state index in [9.17, 15) is 13.2 Å². The van der Waals surface area contributed by atoms with E-state index in [1.54, 1.807) is 0 Å². The van der Waals surface area contributed by atoms with E-state index in [1.807, 2.05) is 11.9 Å². The Bertz CT molecular complexity index is 213. The van der Waals surface area contributed by atoms with Crippen molar-refractivity contribution in [2.45, 2.75) is 6.18 Å². The molecule has 0 aromatic rings. The van der Waals surface area contributed by atoms with Crippen molar-refractivity contribution in [1.82, 2.24) is 15.1 Å². The molecule has 1 N–H and O–H groups in total. The average Bonchev–Trinajstić information content (AvgIpc) is 2.18. The molecule has 114 valence electrons. The van der Waals surface area contributed by atoms with E-state index in [4.69, 9.17) is 0 Å². The van der Waals surface area contributed by atoms with Gasteiger partial charge in [-0.25, -0.2) is 13.2 Å². The first-order chi connectivity index (χ1) is 6.91. The Morgan fingerprint density at radius 2 is 1.53 bits per heavy atom. The second-order valence-electron chi connectivity index (χ2n) is 3.85. The average molecular weight is 378 g/mol. The monoisotopic (exact) mass is 377 g/mol. The van der Waals surface area contributed by atoms with Crippen LogP contribution in [-0.2, 0) is 21.7 Å². The van der Waals surface area contributed by atoms with Crippen LogP contribution in [-0.4, -0.2) is 62.8 Å². The summed E-state index contributed by atoms with van der Waals surface area (Å²) in [7, 11) is 3.40. The molecule has 1 fully saturated rings. The Kier molecular flexibility index (Phi) is 19.4. The van der Waals surface area contributed by atoms with E-state index in [2.05, 4.69) is 5.32 Å². The molecule has 1 heterocycles. The molecular formula is C9H17Cl3F3N3Ti. The van der Waals surface area contributed by atoms with Gasteiger partial charge in [-0.15, -0.1) is 12.6 Å². The molecule has 0 amide bonds. The van der Waals surface area contributed by atoms with Crippen molar-refractivity contribution >= 4 is 0 Å². The first-order valence-electron chi connectivity index (χ1n) is 4.94. The molecule has 0 aromatic heterocycles. The Morgan fingerprint density at radius 3 is 2.00 bits per heavy atom. The van der Waals surface area contributed by atoms with Crippen LogP contribution in [0.15, 0.2) is 0 Å². The van der Waals surface area contributed by atoms with Crippen molar-refractivity contribution in [1.29, 1.82) is 0 Å². The van der Waals surface area contributed by atoms with Gasteiger partial charge in [0.1, 0.15) is 0 Å². The molecule has 3 nitrogen and oxygen atoms in total. The first kappa shape index (κ1) is 28.4. The summed E-state index contributed by atoms with van der Waals surface area (Å²) >= 11 is 0. The maximum atomic E-state index is 12.6. The molecule has 1 aliphatic heterocycles. The Labute approximate surface area is 146 Å². The fourth-order valence-electron chi connectivity index (χ4n) is 1.50. The van der Waals surface area contributed by atoms with E-state index in [0.29, 0.717) is 19.6 Å². The summed E-state index contributed by atoms with van der Waals surface area (Å²) < 4.78 is 37.8. The maximum absolute atomic E-state index is 12.6. The van der Waals surface area contributed by atoms with E-state index >= 15 is 0 Å².